The fourth-order valence-electron chi connectivity index (χ4n) is 3.02. The van der Waals surface area contributed by atoms with Gasteiger partial charge in [-0.25, -0.2) is 0 Å². The van der Waals surface area contributed by atoms with E-state index in [0.29, 0.717) is 0 Å². The maximum atomic E-state index is 6.59. The van der Waals surface area contributed by atoms with Crippen LogP contribution in [-0.2, 0) is 19.3 Å². The SMILES string of the molecule is Cc1ccc(CC2(N)Cc3ccccc3C2)c(Cl)c1. The van der Waals surface area contributed by atoms with Crippen molar-refractivity contribution in [3.63, 3.8) is 0 Å². The molecule has 0 heterocycles. The van der Waals surface area contributed by atoms with Gasteiger partial charge in [-0.15, -0.1) is 0 Å². The zero-order valence-electron chi connectivity index (χ0n) is 11.1. The van der Waals surface area contributed by atoms with Crippen molar-refractivity contribution in [3.8, 4) is 0 Å². The lowest BCUT2D eigenvalue weighted by molar-refractivity contribution is 0.446. The molecule has 1 aliphatic carbocycles. The summed E-state index contributed by atoms with van der Waals surface area (Å²) in [6, 6.07) is 14.8. The highest BCUT2D eigenvalue weighted by molar-refractivity contribution is 6.31. The van der Waals surface area contributed by atoms with Crippen molar-refractivity contribution in [2.24, 2.45) is 5.73 Å². The highest BCUT2D eigenvalue weighted by Crippen LogP contribution is 2.32. The van der Waals surface area contributed by atoms with Crippen LogP contribution in [0.1, 0.15) is 22.3 Å². The van der Waals surface area contributed by atoms with Gasteiger partial charge in [0.05, 0.1) is 0 Å². The lowest BCUT2D eigenvalue weighted by Gasteiger charge is -2.24. The summed E-state index contributed by atoms with van der Waals surface area (Å²) in [6.45, 7) is 2.05. The Hall–Kier alpha value is -1.31. The van der Waals surface area contributed by atoms with Crippen molar-refractivity contribution >= 4 is 11.6 Å². The molecule has 1 aliphatic rings. The summed E-state index contributed by atoms with van der Waals surface area (Å²) < 4.78 is 0. The third-order valence-corrected chi connectivity index (χ3v) is 4.31. The van der Waals surface area contributed by atoms with Crippen LogP contribution in [0.4, 0.5) is 0 Å². The lowest BCUT2D eigenvalue weighted by atomic mass is 9.88. The number of fused-ring (bicyclic) bond motifs is 1. The molecule has 19 heavy (non-hydrogen) atoms. The molecule has 2 N–H and O–H groups in total. The highest BCUT2D eigenvalue weighted by Gasteiger charge is 2.33. The summed E-state index contributed by atoms with van der Waals surface area (Å²) in [5, 5.41) is 0.834. The Balaban J connectivity index is 1.85. The highest BCUT2D eigenvalue weighted by atomic mass is 35.5. The first-order valence-electron chi connectivity index (χ1n) is 6.66. The second kappa shape index (κ2) is 4.66. The number of halogens is 1. The molecule has 0 unspecified atom stereocenters. The number of benzene rings is 2. The normalized spacial score (nSPS) is 16.4. The molecular formula is C17H18ClN. The molecule has 0 aliphatic heterocycles. The van der Waals surface area contributed by atoms with E-state index in [1.807, 2.05) is 6.07 Å². The molecule has 0 radical (unpaired) electrons. The van der Waals surface area contributed by atoms with Gasteiger partial charge < -0.3 is 5.73 Å². The van der Waals surface area contributed by atoms with Crippen LogP contribution in [0.2, 0.25) is 5.02 Å². The van der Waals surface area contributed by atoms with E-state index in [4.69, 9.17) is 17.3 Å². The second-order valence-corrected chi connectivity index (χ2v) is 6.16. The topological polar surface area (TPSA) is 26.0 Å². The van der Waals surface area contributed by atoms with Gasteiger partial charge in [-0.05, 0) is 54.5 Å². The smallest absolute Gasteiger partial charge is 0.0441 e. The van der Waals surface area contributed by atoms with Gasteiger partial charge in [0.1, 0.15) is 0 Å². The Bertz CT molecular complexity index is 593. The summed E-state index contributed by atoms with van der Waals surface area (Å²) in [4.78, 5) is 0. The summed E-state index contributed by atoms with van der Waals surface area (Å²) in [5.74, 6) is 0. The number of hydrogen-bond donors (Lipinski definition) is 1. The Morgan fingerprint density at radius 3 is 2.32 bits per heavy atom. The number of hydrogen-bond acceptors (Lipinski definition) is 1. The van der Waals surface area contributed by atoms with Gasteiger partial charge in [0, 0.05) is 10.6 Å². The summed E-state index contributed by atoms with van der Waals surface area (Å²) in [7, 11) is 0. The zero-order chi connectivity index (χ0) is 13.5. The van der Waals surface area contributed by atoms with Crippen molar-refractivity contribution in [1.82, 2.24) is 0 Å². The predicted octanol–water partition coefficient (Wildman–Crippen LogP) is 3.69. The number of aryl methyl sites for hydroxylation is 1. The van der Waals surface area contributed by atoms with Crippen LogP contribution in [-0.4, -0.2) is 5.54 Å². The fraction of sp³-hybridized carbons (Fsp3) is 0.294. The minimum atomic E-state index is -0.192. The van der Waals surface area contributed by atoms with Crippen LogP contribution in [0.25, 0.3) is 0 Å². The molecule has 0 spiro atoms. The van der Waals surface area contributed by atoms with E-state index in [1.54, 1.807) is 0 Å². The lowest BCUT2D eigenvalue weighted by Crippen LogP contribution is -2.43. The van der Waals surface area contributed by atoms with E-state index in [9.17, 15) is 0 Å². The molecule has 0 saturated heterocycles. The Morgan fingerprint density at radius 1 is 1.11 bits per heavy atom. The van der Waals surface area contributed by atoms with Crippen molar-refractivity contribution < 1.29 is 0 Å². The van der Waals surface area contributed by atoms with Crippen molar-refractivity contribution in [2.75, 3.05) is 0 Å². The van der Waals surface area contributed by atoms with Gasteiger partial charge >= 0.3 is 0 Å². The van der Waals surface area contributed by atoms with Gasteiger partial charge in [0.25, 0.3) is 0 Å². The standard InChI is InChI=1S/C17H18ClN/c1-12-6-7-15(16(18)8-12)11-17(19)9-13-4-2-3-5-14(13)10-17/h2-8H,9-11,19H2,1H3. The van der Waals surface area contributed by atoms with Crippen molar-refractivity contribution in [1.29, 1.82) is 0 Å². The van der Waals surface area contributed by atoms with E-state index in [1.165, 1.54) is 16.7 Å². The predicted molar refractivity (Wildman–Crippen MR) is 80.7 cm³/mol. The molecule has 0 saturated carbocycles. The van der Waals surface area contributed by atoms with E-state index in [2.05, 4.69) is 43.3 Å². The van der Waals surface area contributed by atoms with E-state index >= 15 is 0 Å². The summed E-state index contributed by atoms with van der Waals surface area (Å²) >= 11 is 6.33. The molecule has 1 nitrogen and oxygen atoms in total. The molecule has 2 heteroatoms. The Kier molecular flexibility index (Phi) is 3.12. The molecule has 0 atom stereocenters. The first-order chi connectivity index (χ1) is 9.06. The van der Waals surface area contributed by atoms with Crippen LogP contribution >= 0.6 is 11.6 Å². The molecule has 0 aromatic heterocycles. The van der Waals surface area contributed by atoms with Crippen LogP contribution < -0.4 is 5.73 Å². The quantitative estimate of drug-likeness (QED) is 0.886. The molecule has 3 rings (SSSR count). The van der Waals surface area contributed by atoms with Crippen LogP contribution in [0.3, 0.4) is 0 Å². The van der Waals surface area contributed by atoms with Crippen LogP contribution in [0.15, 0.2) is 42.5 Å². The van der Waals surface area contributed by atoms with Gasteiger partial charge in [0.2, 0.25) is 0 Å². The average molecular weight is 272 g/mol. The molecule has 98 valence electrons. The van der Waals surface area contributed by atoms with Crippen molar-refractivity contribution in [2.45, 2.75) is 31.7 Å². The minimum Gasteiger partial charge on any atom is -0.324 e. The third-order valence-electron chi connectivity index (χ3n) is 3.95. The van der Waals surface area contributed by atoms with Crippen LogP contribution in [0.5, 0.6) is 0 Å². The maximum Gasteiger partial charge on any atom is 0.0441 e. The molecule has 0 bridgehead atoms. The monoisotopic (exact) mass is 271 g/mol. The number of rotatable bonds is 2. The van der Waals surface area contributed by atoms with Crippen LogP contribution in [0, 0.1) is 6.92 Å². The van der Waals surface area contributed by atoms with Gasteiger partial charge in [-0.2, -0.15) is 0 Å². The molecule has 2 aromatic carbocycles. The molecule has 0 fully saturated rings. The summed E-state index contributed by atoms with van der Waals surface area (Å²) in [5.41, 5.74) is 11.5. The molecule has 0 amide bonds. The van der Waals surface area contributed by atoms with Gasteiger partial charge in [-0.3, -0.25) is 0 Å². The molecular weight excluding hydrogens is 254 g/mol. The average Bonchev–Trinajstić information content (AvgIpc) is 2.69. The van der Waals surface area contributed by atoms with Crippen molar-refractivity contribution in [3.05, 3.63) is 69.7 Å². The first kappa shape index (κ1) is 12.7. The van der Waals surface area contributed by atoms with Gasteiger partial charge in [0.15, 0.2) is 0 Å². The summed E-state index contributed by atoms with van der Waals surface area (Å²) in [6.07, 6.45) is 2.71. The largest absolute Gasteiger partial charge is 0.324 e. The third kappa shape index (κ3) is 2.54. The van der Waals surface area contributed by atoms with E-state index < -0.39 is 0 Å². The number of nitrogens with two attached hydrogens (primary N) is 1. The van der Waals surface area contributed by atoms with E-state index in [0.717, 1.165) is 29.8 Å². The van der Waals surface area contributed by atoms with E-state index in [-0.39, 0.29) is 5.54 Å². The fourth-order valence-corrected chi connectivity index (χ4v) is 3.33. The zero-order valence-corrected chi connectivity index (χ0v) is 11.9. The Morgan fingerprint density at radius 2 is 1.74 bits per heavy atom. The Labute approximate surface area is 119 Å². The van der Waals surface area contributed by atoms with Gasteiger partial charge in [-0.1, -0.05) is 48.0 Å². The first-order valence-corrected chi connectivity index (χ1v) is 7.04. The maximum absolute atomic E-state index is 6.59. The molecule has 2 aromatic rings. The second-order valence-electron chi connectivity index (χ2n) is 5.76. The minimum absolute atomic E-state index is 0.192.